The SMILES string of the molecule is CC(C)(C)c1cnc(/C=C/c2cnc(N[C@@H]3CCCNC3)s2)o1. The summed E-state index contributed by atoms with van der Waals surface area (Å²) < 4.78 is 5.76. The van der Waals surface area contributed by atoms with Crippen LogP contribution in [0.4, 0.5) is 5.13 Å². The van der Waals surface area contributed by atoms with Gasteiger partial charge in [-0.25, -0.2) is 9.97 Å². The molecule has 0 unspecified atom stereocenters. The number of oxazole rings is 1. The molecule has 0 bridgehead atoms. The Balaban J connectivity index is 1.60. The van der Waals surface area contributed by atoms with E-state index in [4.69, 9.17) is 4.42 Å². The number of nitrogens with zero attached hydrogens (tertiary/aromatic N) is 2. The van der Waals surface area contributed by atoms with Crippen molar-refractivity contribution in [1.29, 1.82) is 0 Å². The van der Waals surface area contributed by atoms with Crippen molar-refractivity contribution in [3.05, 3.63) is 28.9 Å². The average Bonchev–Trinajstić information content (AvgIpc) is 3.15. The summed E-state index contributed by atoms with van der Waals surface area (Å²) in [6, 6.07) is 0.479. The van der Waals surface area contributed by atoms with Gasteiger partial charge >= 0.3 is 0 Å². The summed E-state index contributed by atoms with van der Waals surface area (Å²) in [4.78, 5) is 9.84. The quantitative estimate of drug-likeness (QED) is 0.892. The molecule has 0 radical (unpaired) electrons. The highest BCUT2D eigenvalue weighted by molar-refractivity contribution is 7.16. The summed E-state index contributed by atoms with van der Waals surface area (Å²) in [5.41, 5.74) is -0.0191. The number of hydrogen-bond acceptors (Lipinski definition) is 6. The molecule has 1 atom stereocenters. The normalized spacial score (nSPS) is 19.3. The van der Waals surface area contributed by atoms with Gasteiger partial charge in [0, 0.05) is 35.2 Å². The van der Waals surface area contributed by atoms with Crippen molar-refractivity contribution in [2.45, 2.75) is 45.1 Å². The highest BCUT2D eigenvalue weighted by atomic mass is 32.1. The maximum Gasteiger partial charge on any atom is 0.218 e. The Hall–Kier alpha value is -1.66. The summed E-state index contributed by atoms with van der Waals surface area (Å²) in [5.74, 6) is 1.53. The Bertz CT molecular complexity index is 662. The first-order valence-corrected chi connectivity index (χ1v) is 8.90. The molecule has 1 aliphatic heterocycles. The smallest absolute Gasteiger partial charge is 0.218 e. The molecular formula is C17H24N4OS. The topological polar surface area (TPSA) is 63.0 Å². The predicted molar refractivity (Wildman–Crippen MR) is 95.8 cm³/mol. The molecule has 0 spiro atoms. The molecule has 0 saturated carbocycles. The summed E-state index contributed by atoms with van der Waals surface area (Å²) in [7, 11) is 0. The van der Waals surface area contributed by atoms with Gasteiger partial charge in [-0.3, -0.25) is 0 Å². The van der Waals surface area contributed by atoms with Crippen LogP contribution < -0.4 is 10.6 Å². The molecule has 3 heterocycles. The molecule has 124 valence electrons. The van der Waals surface area contributed by atoms with Crippen LogP contribution in [-0.4, -0.2) is 29.1 Å². The van der Waals surface area contributed by atoms with Gasteiger partial charge in [0.15, 0.2) is 5.13 Å². The van der Waals surface area contributed by atoms with E-state index in [0.29, 0.717) is 11.9 Å². The molecule has 2 aromatic heterocycles. The Kier molecular flexibility index (Phi) is 4.82. The number of rotatable bonds is 4. The van der Waals surface area contributed by atoms with Gasteiger partial charge in [0.05, 0.1) is 6.20 Å². The van der Waals surface area contributed by atoms with E-state index in [1.807, 2.05) is 18.3 Å². The third-order valence-electron chi connectivity index (χ3n) is 3.80. The van der Waals surface area contributed by atoms with Gasteiger partial charge in [-0.2, -0.15) is 0 Å². The zero-order valence-electron chi connectivity index (χ0n) is 13.9. The van der Waals surface area contributed by atoms with E-state index in [1.165, 1.54) is 12.8 Å². The molecule has 1 fully saturated rings. The highest BCUT2D eigenvalue weighted by Gasteiger charge is 2.18. The molecule has 23 heavy (non-hydrogen) atoms. The molecule has 5 nitrogen and oxygen atoms in total. The molecule has 2 aromatic rings. The number of thiazole rings is 1. The maximum absolute atomic E-state index is 5.76. The van der Waals surface area contributed by atoms with Crippen molar-refractivity contribution in [3.8, 4) is 0 Å². The van der Waals surface area contributed by atoms with Crippen LogP contribution in [-0.2, 0) is 5.41 Å². The van der Waals surface area contributed by atoms with Crippen molar-refractivity contribution >= 4 is 28.6 Å². The van der Waals surface area contributed by atoms with Crippen LogP contribution in [0.2, 0.25) is 0 Å². The Morgan fingerprint density at radius 1 is 1.30 bits per heavy atom. The van der Waals surface area contributed by atoms with Crippen molar-refractivity contribution < 1.29 is 4.42 Å². The lowest BCUT2D eigenvalue weighted by atomic mass is 9.94. The molecule has 0 amide bonds. The molecule has 0 aromatic carbocycles. The summed E-state index contributed by atoms with van der Waals surface area (Å²) in [6.45, 7) is 8.47. The van der Waals surface area contributed by atoms with Gasteiger partial charge in [-0.15, -0.1) is 0 Å². The van der Waals surface area contributed by atoms with Crippen LogP contribution in [0.5, 0.6) is 0 Å². The lowest BCUT2D eigenvalue weighted by Crippen LogP contribution is -2.38. The van der Waals surface area contributed by atoms with Crippen LogP contribution in [0.25, 0.3) is 12.2 Å². The largest absolute Gasteiger partial charge is 0.441 e. The van der Waals surface area contributed by atoms with Crippen LogP contribution in [0.1, 0.15) is 50.1 Å². The van der Waals surface area contributed by atoms with Crippen LogP contribution >= 0.6 is 11.3 Å². The first-order chi connectivity index (χ1) is 11.0. The summed E-state index contributed by atoms with van der Waals surface area (Å²) >= 11 is 1.65. The fraction of sp³-hybridized carbons (Fsp3) is 0.529. The molecule has 1 saturated heterocycles. The monoisotopic (exact) mass is 332 g/mol. The second-order valence-corrected chi connectivity index (χ2v) is 7.96. The predicted octanol–water partition coefficient (Wildman–Crippen LogP) is 3.76. The molecular weight excluding hydrogens is 308 g/mol. The molecule has 3 rings (SSSR count). The summed E-state index contributed by atoms with van der Waals surface area (Å²) in [5, 5.41) is 7.87. The second-order valence-electron chi connectivity index (χ2n) is 6.90. The number of piperidine rings is 1. The first-order valence-electron chi connectivity index (χ1n) is 8.08. The van der Waals surface area contributed by atoms with E-state index in [-0.39, 0.29) is 5.41 Å². The molecule has 0 aliphatic carbocycles. The highest BCUT2D eigenvalue weighted by Crippen LogP contribution is 2.25. The number of nitrogens with one attached hydrogen (secondary N) is 2. The second kappa shape index (κ2) is 6.84. The van der Waals surface area contributed by atoms with Gasteiger partial charge in [0.1, 0.15) is 5.76 Å². The van der Waals surface area contributed by atoms with Crippen LogP contribution in [0, 0.1) is 0 Å². The maximum atomic E-state index is 5.76. The third-order valence-corrected chi connectivity index (χ3v) is 4.69. The average molecular weight is 332 g/mol. The van der Waals surface area contributed by atoms with Gasteiger partial charge in [-0.1, -0.05) is 32.1 Å². The lowest BCUT2D eigenvalue weighted by molar-refractivity contribution is 0.403. The van der Waals surface area contributed by atoms with E-state index in [2.05, 4.69) is 41.4 Å². The minimum Gasteiger partial charge on any atom is -0.441 e. The zero-order chi connectivity index (χ0) is 16.3. The van der Waals surface area contributed by atoms with E-state index >= 15 is 0 Å². The minimum atomic E-state index is -0.0191. The Morgan fingerprint density at radius 2 is 2.17 bits per heavy atom. The Labute approximate surface area is 141 Å². The fourth-order valence-corrected chi connectivity index (χ4v) is 3.24. The van der Waals surface area contributed by atoms with E-state index in [1.54, 1.807) is 17.5 Å². The summed E-state index contributed by atoms with van der Waals surface area (Å²) in [6.07, 6.45) is 10.00. The molecule has 6 heteroatoms. The van der Waals surface area contributed by atoms with Crippen molar-refractivity contribution in [2.24, 2.45) is 0 Å². The number of aromatic nitrogens is 2. The third kappa shape index (κ3) is 4.42. The molecule has 1 aliphatic rings. The Morgan fingerprint density at radius 3 is 2.87 bits per heavy atom. The van der Waals surface area contributed by atoms with E-state index in [0.717, 1.165) is 28.9 Å². The van der Waals surface area contributed by atoms with E-state index in [9.17, 15) is 0 Å². The van der Waals surface area contributed by atoms with Gasteiger partial charge in [0.2, 0.25) is 5.89 Å². The van der Waals surface area contributed by atoms with Crippen molar-refractivity contribution in [3.63, 3.8) is 0 Å². The van der Waals surface area contributed by atoms with Gasteiger partial charge in [-0.05, 0) is 25.5 Å². The lowest BCUT2D eigenvalue weighted by Gasteiger charge is -2.23. The first kappa shape index (κ1) is 16.2. The molecule has 2 N–H and O–H groups in total. The van der Waals surface area contributed by atoms with Crippen molar-refractivity contribution in [2.75, 3.05) is 18.4 Å². The fourth-order valence-electron chi connectivity index (χ4n) is 2.44. The van der Waals surface area contributed by atoms with Crippen LogP contribution in [0.3, 0.4) is 0 Å². The zero-order valence-corrected chi connectivity index (χ0v) is 14.7. The van der Waals surface area contributed by atoms with Gasteiger partial charge < -0.3 is 15.1 Å². The number of anilines is 1. The number of hydrogen-bond donors (Lipinski definition) is 2. The standard InChI is InChI=1S/C17H24N4OS/c1-17(2,3)14-11-19-15(22-14)7-6-13-10-20-16(23-13)21-12-5-4-8-18-9-12/h6-7,10-12,18H,4-5,8-9H2,1-3H3,(H,20,21)/b7-6+/t12-/m1/s1. The van der Waals surface area contributed by atoms with Crippen molar-refractivity contribution in [1.82, 2.24) is 15.3 Å². The van der Waals surface area contributed by atoms with Crippen LogP contribution in [0.15, 0.2) is 16.8 Å². The van der Waals surface area contributed by atoms with E-state index < -0.39 is 0 Å². The minimum absolute atomic E-state index is 0.0191. The van der Waals surface area contributed by atoms with Gasteiger partial charge in [0.25, 0.3) is 0 Å².